The van der Waals surface area contributed by atoms with Crippen LogP contribution in [0.3, 0.4) is 0 Å². The van der Waals surface area contributed by atoms with E-state index in [1.54, 1.807) is 0 Å². The van der Waals surface area contributed by atoms with Crippen LogP contribution in [-0.2, 0) is 9.53 Å². The van der Waals surface area contributed by atoms with Crippen LogP contribution in [0.1, 0.15) is 79.1 Å². The highest BCUT2D eigenvalue weighted by atomic mass is 16.6. The van der Waals surface area contributed by atoms with Gasteiger partial charge in [0.2, 0.25) is 0 Å². The number of nitrogens with two attached hydrogens (primary N) is 1. The van der Waals surface area contributed by atoms with Crippen LogP contribution in [0, 0.1) is 0 Å². The van der Waals surface area contributed by atoms with E-state index in [9.17, 15) is 4.79 Å². The van der Waals surface area contributed by atoms with Crippen LogP contribution in [0.25, 0.3) is 0 Å². The average molecular weight is 313 g/mol. The second-order valence-electron chi connectivity index (χ2n) is 6.65. The van der Waals surface area contributed by atoms with E-state index >= 15 is 0 Å². The second kappa shape index (κ2) is 12.3. The van der Waals surface area contributed by atoms with Crippen LogP contribution in [0.2, 0.25) is 0 Å². The highest BCUT2D eigenvalue weighted by Crippen LogP contribution is 2.10. The summed E-state index contributed by atoms with van der Waals surface area (Å²) >= 11 is 0. The van der Waals surface area contributed by atoms with Crippen molar-refractivity contribution in [2.45, 2.75) is 84.7 Å². The van der Waals surface area contributed by atoms with Crippen molar-refractivity contribution < 1.29 is 9.53 Å². The first kappa shape index (κ1) is 20.7. The molecule has 0 aliphatic rings. The average Bonchev–Trinajstić information content (AvgIpc) is 2.40. The van der Waals surface area contributed by atoms with E-state index in [2.05, 4.69) is 17.2 Å². The lowest BCUT2D eigenvalue weighted by molar-refractivity contribution is -0.154. The fraction of sp³-hybridized carbons (Fsp3) is 0.882. The molecule has 0 saturated carbocycles. The van der Waals surface area contributed by atoms with E-state index in [1.807, 2.05) is 20.8 Å². The summed E-state index contributed by atoms with van der Waals surface area (Å²) in [7, 11) is 0. The zero-order chi connectivity index (χ0) is 16.8. The molecule has 0 rings (SSSR count). The first-order valence-corrected chi connectivity index (χ1v) is 8.61. The molecule has 0 saturated heterocycles. The highest BCUT2D eigenvalue weighted by Gasteiger charge is 2.15. The molecule has 0 aliphatic heterocycles. The third-order valence-electron chi connectivity index (χ3n) is 3.08. The van der Waals surface area contributed by atoms with Crippen LogP contribution in [-0.4, -0.2) is 30.6 Å². The number of carbonyl (C=O) groups is 1. The summed E-state index contributed by atoms with van der Waals surface area (Å²) in [5, 5.41) is 3.13. The molecule has 5 nitrogen and oxygen atoms in total. The standard InChI is InChI=1S/C17H35N3O2/c1-5-6-7-10-13-19-16(18)20-14-11-8-9-12-15(21)22-17(2,3)4/h5-14H2,1-4H3,(H3,18,19,20). The number of hydrogen-bond acceptors (Lipinski definition) is 3. The molecule has 0 heterocycles. The molecule has 130 valence electrons. The van der Waals surface area contributed by atoms with Crippen molar-refractivity contribution in [1.82, 2.24) is 5.32 Å². The number of ether oxygens (including phenoxy) is 1. The first-order chi connectivity index (χ1) is 10.3. The third kappa shape index (κ3) is 15.1. The zero-order valence-electron chi connectivity index (χ0n) is 14.9. The Morgan fingerprint density at radius 2 is 1.77 bits per heavy atom. The Labute approximate surface area is 136 Å². The minimum Gasteiger partial charge on any atom is -0.460 e. The van der Waals surface area contributed by atoms with Crippen molar-refractivity contribution in [2.75, 3.05) is 13.1 Å². The van der Waals surface area contributed by atoms with Gasteiger partial charge < -0.3 is 15.8 Å². The normalized spacial score (nSPS) is 12.3. The van der Waals surface area contributed by atoms with Gasteiger partial charge in [0, 0.05) is 19.5 Å². The smallest absolute Gasteiger partial charge is 0.306 e. The van der Waals surface area contributed by atoms with Gasteiger partial charge in [-0.1, -0.05) is 32.6 Å². The SMILES string of the molecule is CCCCCCNC(N)=NCCCCCC(=O)OC(C)(C)C. The molecule has 0 radical (unpaired) electrons. The van der Waals surface area contributed by atoms with E-state index in [0.717, 1.165) is 32.2 Å². The predicted octanol–water partition coefficient (Wildman–Crippen LogP) is 3.37. The van der Waals surface area contributed by atoms with Gasteiger partial charge in [0.15, 0.2) is 5.96 Å². The van der Waals surface area contributed by atoms with Crippen molar-refractivity contribution in [3.05, 3.63) is 0 Å². The largest absolute Gasteiger partial charge is 0.460 e. The van der Waals surface area contributed by atoms with Crippen LogP contribution in [0.5, 0.6) is 0 Å². The van der Waals surface area contributed by atoms with Gasteiger partial charge in [-0.05, 0) is 40.0 Å². The van der Waals surface area contributed by atoms with Crippen LogP contribution < -0.4 is 11.1 Å². The predicted molar refractivity (Wildman–Crippen MR) is 92.9 cm³/mol. The summed E-state index contributed by atoms with van der Waals surface area (Å²) in [4.78, 5) is 15.8. The molecule has 0 aromatic carbocycles. The van der Waals surface area contributed by atoms with Crippen LogP contribution >= 0.6 is 0 Å². The fourth-order valence-electron chi connectivity index (χ4n) is 1.97. The van der Waals surface area contributed by atoms with Gasteiger partial charge in [0.25, 0.3) is 0 Å². The number of hydrogen-bond donors (Lipinski definition) is 2. The number of unbranched alkanes of at least 4 members (excludes halogenated alkanes) is 5. The number of guanidine groups is 1. The van der Waals surface area contributed by atoms with Crippen molar-refractivity contribution in [3.8, 4) is 0 Å². The molecule has 0 fully saturated rings. The Hall–Kier alpha value is -1.26. The molecule has 0 atom stereocenters. The summed E-state index contributed by atoms with van der Waals surface area (Å²) in [5.41, 5.74) is 5.40. The Bertz CT molecular complexity index is 322. The maximum atomic E-state index is 11.5. The Balaban J connectivity index is 3.51. The molecule has 0 spiro atoms. The zero-order valence-corrected chi connectivity index (χ0v) is 14.9. The van der Waals surface area contributed by atoms with E-state index in [4.69, 9.17) is 10.5 Å². The molecule has 0 aromatic heterocycles. The minimum atomic E-state index is -0.390. The number of nitrogens with zero attached hydrogens (tertiary/aromatic N) is 1. The van der Waals surface area contributed by atoms with Crippen molar-refractivity contribution in [1.29, 1.82) is 0 Å². The Morgan fingerprint density at radius 3 is 2.41 bits per heavy atom. The molecule has 3 N–H and O–H groups in total. The van der Waals surface area contributed by atoms with Gasteiger partial charge in [0.1, 0.15) is 5.60 Å². The van der Waals surface area contributed by atoms with Gasteiger partial charge >= 0.3 is 5.97 Å². The van der Waals surface area contributed by atoms with Crippen molar-refractivity contribution >= 4 is 11.9 Å². The molecule has 0 aliphatic carbocycles. The van der Waals surface area contributed by atoms with Crippen molar-refractivity contribution in [3.63, 3.8) is 0 Å². The van der Waals surface area contributed by atoms with Gasteiger partial charge in [-0.2, -0.15) is 0 Å². The highest BCUT2D eigenvalue weighted by molar-refractivity contribution is 5.77. The molecule has 22 heavy (non-hydrogen) atoms. The van der Waals surface area contributed by atoms with Gasteiger partial charge in [0.05, 0.1) is 0 Å². The number of aliphatic imine (C=N–C) groups is 1. The van der Waals surface area contributed by atoms with E-state index < -0.39 is 5.60 Å². The molecule has 0 unspecified atom stereocenters. The molecule has 0 amide bonds. The number of carbonyl (C=O) groups excluding carboxylic acids is 1. The second-order valence-corrected chi connectivity index (χ2v) is 6.65. The topological polar surface area (TPSA) is 76.7 Å². The van der Waals surface area contributed by atoms with Crippen molar-refractivity contribution in [2.24, 2.45) is 10.7 Å². The quantitative estimate of drug-likeness (QED) is 0.265. The Kier molecular flexibility index (Phi) is 11.6. The Morgan fingerprint density at radius 1 is 1.09 bits per heavy atom. The molecular weight excluding hydrogens is 278 g/mol. The minimum absolute atomic E-state index is 0.121. The summed E-state index contributed by atoms with van der Waals surface area (Å²) < 4.78 is 5.26. The lowest BCUT2D eigenvalue weighted by atomic mass is 10.1. The van der Waals surface area contributed by atoms with E-state index in [-0.39, 0.29) is 5.97 Å². The summed E-state index contributed by atoms with van der Waals surface area (Å²) in [6, 6.07) is 0. The number of rotatable bonds is 11. The molecule has 0 aromatic rings. The molecular formula is C17H35N3O2. The van der Waals surface area contributed by atoms with Crippen LogP contribution in [0.15, 0.2) is 4.99 Å². The van der Waals surface area contributed by atoms with Gasteiger partial charge in [-0.25, -0.2) is 0 Å². The van der Waals surface area contributed by atoms with E-state index in [1.165, 1.54) is 19.3 Å². The maximum Gasteiger partial charge on any atom is 0.306 e. The van der Waals surface area contributed by atoms with Gasteiger partial charge in [-0.3, -0.25) is 9.79 Å². The summed E-state index contributed by atoms with van der Waals surface area (Å²) in [5.74, 6) is 0.410. The molecule has 0 bridgehead atoms. The maximum absolute atomic E-state index is 11.5. The molecule has 5 heteroatoms. The number of nitrogens with one attached hydrogen (secondary N) is 1. The van der Waals surface area contributed by atoms with E-state index in [0.29, 0.717) is 18.9 Å². The monoisotopic (exact) mass is 313 g/mol. The number of esters is 1. The van der Waals surface area contributed by atoms with Gasteiger partial charge in [-0.15, -0.1) is 0 Å². The van der Waals surface area contributed by atoms with Crippen LogP contribution in [0.4, 0.5) is 0 Å². The third-order valence-corrected chi connectivity index (χ3v) is 3.08. The first-order valence-electron chi connectivity index (χ1n) is 8.61. The lowest BCUT2D eigenvalue weighted by Gasteiger charge is -2.19. The summed E-state index contributed by atoms with van der Waals surface area (Å²) in [6.07, 6.45) is 8.12. The lowest BCUT2D eigenvalue weighted by Crippen LogP contribution is -2.32. The summed E-state index contributed by atoms with van der Waals surface area (Å²) in [6.45, 7) is 9.47. The fourth-order valence-corrected chi connectivity index (χ4v) is 1.97.